The summed E-state index contributed by atoms with van der Waals surface area (Å²) >= 11 is 0. The van der Waals surface area contributed by atoms with E-state index in [4.69, 9.17) is 4.52 Å². The number of rotatable bonds is 5. The van der Waals surface area contributed by atoms with Gasteiger partial charge in [-0.15, -0.1) is 0 Å². The molecular weight excluding hydrogens is 340 g/mol. The molecule has 144 valence electrons. The molecule has 0 spiro atoms. The van der Waals surface area contributed by atoms with Crippen LogP contribution in [-0.2, 0) is 18.4 Å². The number of aromatic amines is 1. The highest BCUT2D eigenvalue weighted by molar-refractivity contribution is 5.86. The first-order chi connectivity index (χ1) is 12.9. The number of fused-ring (bicyclic) bond motifs is 1. The predicted molar refractivity (Wildman–Crippen MR) is 108 cm³/mol. The number of nitrogens with one attached hydrogen (secondary N) is 3. The van der Waals surface area contributed by atoms with Crippen molar-refractivity contribution in [3.05, 3.63) is 47.2 Å². The molecule has 27 heavy (non-hydrogen) atoms. The van der Waals surface area contributed by atoms with Crippen LogP contribution in [0, 0.1) is 6.92 Å². The molecule has 3 N–H and O–H groups in total. The van der Waals surface area contributed by atoms with Gasteiger partial charge in [0.1, 0.15) is 0 Å². The molecule has 0 aliphatic rings. The summed E-state index contributed by atoms with van der Waals surface area (Å²) in [7, 11) is 1.75. The van der Waals surface area contributed by atoms with E-state index in [-0.39, 0.29) is 5.41 Å². The lowest BCUT2D eigenvalue weighted by atomic mass is 9.97. The first-order valence-corrected chi connectivity index (χ1v) is 9.21. The Balaban J connectivity index is 1.53. The Kier molecular flexibility index (Phi) is 5.48. The maximum absolute atomic E-state index is 5.31. The van der Waals surface area contributed by atoms with Crippen molar-refractivity contribution in [1.82, 2.24) is 25.8 Å². The average Bonchev–Trinajstić information content (AvgIpc) is 3.25. The molecule has 0 bridgehead atoms. The normalized spacial score (nSPS) is 12.6. The number of hydrogen-bond donors (Lipinski definition) is 3. The van der Waals surface area contributed by atoms with E-state index in [2.05, 4.69) is 62.1 Å². The molecule has 3 aromatic rings. The molecule has 2 aromatic heterocycles. The van der Waals surface area contributed by atoms with Gasteiger partial charge < -0.3 is 20.1 Å². The van der Waals surface area contributed by atoms with Crippen molar-refractivity contribution >= 4 is 16.9 Å². The van der Waals surface area contributed by atoms with Crippen LogP contribution in [0.2, 0.25) is 0 Å². The number of aliphatic imine (C=N–C) groups is 1. The van der Waals surface area contributed by atoms with E-state index in [9.17, 15) is 0 Å². The Bertz CT molecular complexity index is 931. The standard InChI is InChI=1S/C20H28N6O/c1-13-7-6-8-15-17(13)14(11-23-15)9-10-22-19(21-5)24-12-16-25-18(27-26-16)20(2,3)4/h6-8,11,23H,9-10,12H2,1-5H3,(H2,21,22,24). The fourth-order valence-electron chi connectivity index (χ4n) is 2.98. The number of guanidine groups is 1. The van der Waals surface area contributed by atoms with Gasteiger partial charge in [0.15, 0.2) is 11.8 Å². The molecule has 7 nitrogen and oxygen atoms in total. The molecule has 0 saturated carbocycles. The second-order valence-electron chi connectivity index (χ2n) is 7.68. The second-order valence-corrected chi connectivity index (χ2v) is 7.68. The molecule has 0 aliphatic heterocycles. The van der Waals surface area contributed by atoms with Crippen LogP contribution < -0.4 is 10.6 Å². The molecular formula is C20H28N6O. The monoisotopic (exact) mass is 368 g/mol. The summed E-state index contributed by atoms with van der Waals surface area (Å²) < 4.78 is 5.31. The van der Waals surface area contributed by atoms with Crippen LogP contribution in [0.1, 0.15) is 43.6 Å². The van der Waals surface area contributed by atoms with Crippen molar-refractivity contribution in [3.63, 3.8) is 0 Å². The highest BCUT2D eigenvalue weighted by Crippen LogP contribution is 2.22. The summed E-state index contributed by atoms with van der Waals surface area (Å²) in [6.07, 6.45) is 2.99. The van der Waals surface area contributed by atoms with Crippen LogP contribution in [0.25, 0.3) is 10.9 Å². The van der Waals surface area contributed by atoms with Crippen molar-refractivity contribution < 1.29 is 4.52 Å². The van der Waals surface area contributed by atoms with Crippen LogP contribution in [0.5, 0.6) is 0 Å². The van der Waals surface area contributed by atoms with Gasteiger partial charge in [0.05, 0.1) is 6.54 Å². The second kappa shape index (κ2) is 7.82. The largest absolute Gasteiger partial charge is 0.361 e. The maximum Gasteiger partial charge on any atom is 0.232 e. The van der Waals surface area contributed by atoms with Gasteiger partial charge in [-0.2, -0.15) is 4.98 Å². The summed E-state index contributed by atoms with van der Waals surface area (Å²) in [6.45, 7) is 9.52. The third-order valence-electron chi connectivity index (χ3n) is 4.43. The summed E-state index contributed by atoms with van der Waals surface area (Å²) in [6, 6.07) is 6.33. The van der Waals surface area contributed by atoms with E-state index in [0.717, 1.165) is 13.0 Å². The maximum atomic E-state index is 5.31. The topological polar surface area (TPSA) is 91.1 Å². The van der Waals surface area contributed by atoms with Gasteiger partial charge in [-0.3, -0.25) is 4.99 Å². The van der Waals surface area contributed by atoms with Gasteiger partial charge in [-0.1, -0.05) is 38.1 Å². The minimum absolute atomic E-state index is 0.150. The van der Waals surface area contributed by atoms with Crippen molar-refractivity contribution in [2.75, 3.05) is 13.6 Å². The zero-order valence-corrected chi connectivity index (χ0v) is 16.7. The Morgan fingerprint density at radius 3 is 2.78 bits per heavy atom. The first-order valence-electron chi connectivity index (χ1n) is 9.21. The Morgan fingerprint density at radius 1 is 1.26 bits per heavy atom. The highest BCUT2D eigenvalue weighted by atomic mass is 16.5. The summed E-state index contributed by atoms with van der Waals surface area (Å²) in [5.74, 6) is 1.97. The van der Waals surface area contributed by atoms with Gasteiger partial charge in [0.25, 0.3) is 0 Å². The lowest BCUT2D eigenvalue weighted by Gasteiger charge is -2.11. The third-order valence-corrected chi connectivity index (χ3v) is 4.43. The average molecular weight is 368 g/mol. The zero-order valence-electron chi connectivity index (χ0n) is 16.7. The highest BCUT2D eigenvalue weighted by Gasteiger charge is 2.21. The molecule has 0 atom stereocenters. The number of H-pyrrole nitrogens is 1. The van der Waals surface area contributed by atoms with Crippen LogP contribution in [0.3, 0.4) is 0 Å². The zero-order chi connectivity index (χ0) is 19.4. The number of nitrogens with zero attached hydrogens (tertiary/aromatic N) is 3. The molecule has 0 unspecified atom stereocenters. The smallest absolute Gasteiger partial charge is 0.232 e. The van der Waals surface area contributed by atoms with Crippen LogP contribution in [-0.4, -0.2) is 34.7 Å². The molecule has 3 rings (SSSR count). The predicted octanol–water partition coefficient (Wildman–Crippen LogP) is 3.06. The fraction of sp³-hybridized carbons (Fsp3) is 0.450. The Hall–Kier alpha value is -2.83. The van der Waals surface area contributed by atoms with Crippen LogP contribution in [0.15, 0.2) is 33.9 Å². The summed E-state index contributed by atoms with van der Waals surface area (Å²) in [4.78, 5) is 12.0. The van der Waals surface area contributed by atoms with Gasteiger partial charge in [0, 0.05) is 36.1 Å². The number of aromatic nitrogens is 3. The van der Waals surface area contributed by atoms with Gasteiger partial charge in [-0.25, -0.2) is 0 Å². The molecule has 0 saturated heterocycles. The van der Waals surface area contributed by atoms with Crippen LogP contribution >= 0.6 is 0 Å². The SMILES string of the molecule is CN=C(NCCc1c[nH]c2cccc(C)c12)NCc1noc(C(C)(C)C)n1. The minimum atomic E-state index is -0.150. The van der Waals surface area contributed by atoms with Crippen molar-refractivity contribution in [1.29, 1.82) is 0 Å². The van der Waals surface area contributed by atoms with E-state index in [0.29, 0.717) is 24.2 Å². The van der Waals surface area contributed by atoms with E-state index in [1.165, 1.54) is 22.0 Å². The fourth-order valence-corrected chi connectivity index (χ4v) is 2.98. The number of benzene rings is 1. The Labute approximate surface area is 159 Å². The third kappa shape index (κ3) is 4.48. The Morgan fingerprint density at radius 2 is 2.07 bits per heavy atom. The summed E-state index contributed by atoms with van der Waals surface area (Å²) in [5, 5.41) is 11.9. The van der Waals surface area contributed by atoms with E-state index in [1.54, 1.807) is 7.05 Å². The molecule has 0 amide bonds. The summed E-state index contributed by atoms with van der Waals surface area (Å²) in [5.41, 5.74) is 3.62. The van der Waals surface area contributed by atoms with Gasteiger partial charge >= 0.3 is 0 Å². The van der Waals surface area contributed by atoms with E-state index in [1.807, 2.05) is 20.8 Å². The molecule has 2 heterocycles. The van der Waals surface area contributed by atoms with E-state index < -0.39 is 0 Å². The first kappa shape index (κ1) is 18.9. The van der Waals surface area contributed by atoms with Crippen molar-refractivity contribution in [2.45, 2.75) is 46.1 Å². The molecule has 7 heteroatoms. The molecule has 0 fully saturated rings. The lowest BCUT2D eigenvalue weighted by molar-refractivity contribution is 0.318. The van der Waals surface area contributed by atoms with Gasteiger partial charge in [-0.05, 0) is 30.5 Å². The minimum Gasteiger partial charge on any atom is -0.361 e. The molecule has 1 aromatic carbocycles. The number of hydrogen-bond acceptors (Lipinski definition) is 4. The quantitative estimate of drug-likeness (QED) is 0.476. The molecule has 0 aliphatic carbocycles. The van der Waals surface area contributed by atoms with E-state index >= 15 is 0 Å². The lowest BCUT2D eigenvalue weighted by Crippen LogP contribution is -2.38. The van der Waals surface area contributed by atoms with Crippen LogP contribution in [0.4, 0.5) is 0 Å². The molecule has 0 radical (unpaired) electrons. The van der Waals surface area contributed by atoms with Crippen molar-refractivity contribution in [2.24, 2.45) is 4.99 Å². The van der Waals surface area contributed by atoms with Crippen molar-refractivity contribution in [3.8, 4) is 0 Å². The van der Waals surface area contributed by atoms with Gasteiger partial charge in [0.2, 0.25) is 5.89 Å². The number of aryl methyl sites for hydroxylation is 1.